The molecule has 9 heteroatoms. The highest BCUT2D eigenvalue weighted by atomic mass is 16.3. The minimum absolute atomic E-state index is 0.0755. The molecule has 0 spiro atoms. The van der Waals surface area contributed by atoms with E-state index in [9.17, 15) is 15.2 Å². The highest BCUT2D eigenvalue weighted by Gasteiger charge is 2.27. The van der Waals surface area contributed by atoms with Crippen LogP contribution in [0, 0.1) is 17.2 Å². The van der Waals surface area contributed by atoms with E-state index in [0.717, 1.165) is 37.3 Å². The number of hydrogen-bond donors (Lipinski definition) is 4. The zero-order chi connectivity index (χ0) is 27.5. The summed E-state index contributed by atoms with van der Waals surface area (Å²) in [6.45, 7) is 2.84. The summed E-state index contributed by atoms with van der Waals surface area (Å²) in [7, 11) is 4.18. The van der Waals surface area contributed by atoms with Gasteiger partial charge in [0, 0.05) is 30.3 Å². The molecule has 39 heavy (non-hydrogen) atoms. The van der Waals surface area contributed by atoms with Gasteiger partial charge in [0.15, 0.2) is 0 Å². The number of anilines is 3. The summed E-state index contributed by atoms with van der Waals surface area (Å²) in [5.41, 5.74) is 10.4. The van der Waals surface area contributed by atoms with E-state index in [1.807, 2.05) is 24.3 Å². The molecule has 3 aromatic rings. The summed E-state index contributed by atoms with van der Waals surface area (Å²) >= 11 is 0. The Hall–Kier alpha value is -4.13. The molecule has 1 saturated carbocycles. The predicted molar refractivity (Wildman–Crippen MR) is 154 cm³/mol. The molecule has 2 aromatic carbocycles. The number of para-hydroxylation sites is 1. The van der Waals surface area contributed by atoms with Crippen molar-refractivity contribution in [3.8, 4) is 34.2 Å². The molecule has 0 radical (unpaired) electrons. The van der Waals surface area contributed by atoms with Gasteiger partial charge in [0.2, 0.25) is 5.91 Å². The van der Waals surface area contributed by atoms with E-state index in [-0.39, 0.29) is 29.6 Å². The number of phenols is 1. The van der Waals surface area contributed by atoms with Crippen molar-refractivity contribution in [2.75, 3.05) is 56.2 Å². The fourth-order valence-corrected chi connectivity index (χ4v) is 5.11. The molecule has 5 N–H and O–H groups in total. The van der Waals surface area contributed by atoms with Gasteiger partial charge in [-0.2, -0.15) is 5.26 Å². The number of nitriles is 1. The summed E-state index contributed by atoms with van der Waals surface area (Å²) in [6, 6.07) is 17.1. The van der Waals surface area contributed by atoms with Gasteiger partial charge in [0.1, 0.15) is 23.2 Å². The van der Waals surface area contributed by atoms with Crippen LogP contribution >= 0.6 is 0 Å². The van der Waals surface area contributed by atoms with Crippen molar-refractivity contribution in [2.45, 2.75) is 25.3 Å². The van der Waals surface area contributed by atoms with E-state index < -0.39 is 0 Å². The van der Waals surface area contributed by atoms with Gasteiger partial charge >= 0.3 is 0 Å². The molecule has 2 aliphatic rings. The molecule has 1 amide bonds. The van der Waals surface area contributed by atoms with E-state index in [1.165, 1.54) is 12.8 Å². The standard InChI is InChI=1S/C30H35N7O2/c1-36(2)21-11-12-37(18-21)27-10-9-20(13-26(27)34-29(39)17-33-16-19-7-8-19)23-14-25(35-30(32)24(23)15-31)22-5-3-4-6-28(22)38/h3-6,9-10,13-14,19,21,33,38H,7-8,11-12,16-18H2,1-2H3,(H2,32,35)(H,34,39)/t21-/m0/s1. The van der Waals surface area contributed by atoms with Gasteiger partial charge < -0.3 is 31.3 Å². The number of hydrogen-bond acceptors (Lipinski definition) is 8. The molecule has 0 bridgehead atoms. The number of nitrogens with zero attached hydrogens (tertiary/aromatic N) is 4. The van der Waals surface area contributed by atoms with E-state index in [1.54, 1.807) is 24.3 Å². The number of carbonyl (C=O) groups excluding carboxylic acids is 1. The lowest BCUT2D eigenvalue weighted by Gasteiger charge is -2.25. The first-order valence-electron chi connectivity index (χ1n) is 13.4. The predicted octanol–water partition coefficient (Wildman–Crippen LogP) is 3.65. The van der Waals surface area contributed by atoms with Gasteiger partial charge in [-0.3, -0.25) is 4.79 Å². The number of benzene rings is 2. The molecular weight excluding hydrogens is 490 g/mol. The second-order valence-electron chi connectivity index (χ2n) is 10.7. The van der Waals surface area contributed by atoms with Crippen LogP contribution in [0.5, 0.6) is 5.75 Å². The highest BCUT2D eigenvalue weighted by Crippen LogP contribution is 2.38. The number of aromatic hydroxyl groups is 1. The second-order valence-corrected chi connectivity index (χ2v) is 10.7. The van der Waals surface area contributed by atoms with Gasteiger partial charge in [-0.1, -0.05) is 18.2 Å². The van der Waals surface area contributed by atoms with Crippen molar-refractivity contribution in [1.29, 1.82) is 5.26 Å². The molecule has 2 heterocycles. The van der Waals surface area contributed by atoms with Gasteiger partial charge in [0.05, 0.1) is 23.6 Å². The molecule has 2 fully saturated rings. The SMILES string of the molecule is CN(C)[C@H]1CCN(c2ccc(-c3cc(-c4ccccc4O)nc(N)c3C#N)cc2NC(=O)CNCC2CC2)C1. The summed E-state index contributed by atoms with van der Waals surface area (Å²) < 4.78 is 0. The fraction of sp³-hybridized carbons (Fsp3) is 0.367. The second kappa shape index (κ2) is 11.3. The number of amides is 1. The summed E-state index contributed by atoms with van der Waals surface area (Å²) in [6.07, 6.45) is 3.48. The Morgan fingerprint density at radius 1 is 1.18 bits per heavy atom. The Bertz CT molecular complexity index is 1410. The van der Waals surface area contributed by atoms with Crippen LogP contribution in [-0.4, -0.2) is 67.2 Å². The molecule has 0 unspecified atom stereocenters. The van der Waals surface area contributed by atoms with Crippen LogP contribution in [0.2, 0.25) is 0 Å². The maximum absolute atomic E-state index is 12.9. The van der Waals surface area contributed by atoms with Gasteiger partial charge in [-0.25, -0.2) is 4.98 Å². The lowest BCUT2D eigenvalue weighted by atomic mass is 9.97. The number of aromatic nitrogens is 1. The van der Waals surface area contributed by atoms with Gasteiger partial charge in [-0.15, -0.1) is 0 Å². The van der Waals surface area contributed by atoms with Crippen LogP contribution in [0.25, 0.3) is 22.4 Å². The topological polar surface area (TPSA) is 131 Å². The minimum atomic E-state index is -0.109. The largest absolute Gasteiger partial charge is 0.507 e. The van der Waals surface area contributed by atoms with Crippen LogP contribution in [0.3, 0.4) is 0 Å². The molecule has 1 saturated heterocycles. The minimum Gasteiger partial charge on any atom is -0.507 e. The molecule has 1 aliphatic carbocycles. The zero-order valence-corrected chi connectivity index (χ0v) is 22.4. The number of likely N-dealkylation sites (N-methyl/N-ethyl adjacent to an activating group) is 1. The van der Waals surface area contributed by atoms with Gasteiger partial charge in [0.25, 0.3) is 0 Å². The monoisotopic (exact) mass is 525 g/mol. The van der Waals surface area contributed by atoms with E-state index in [2.05, 4.69) is 45.6 Å². The maximum Gasteiger partial charge on any atom is 0.238 e. The van der Waals surface area contributed by atoms with Crippen LogP contribution < -0.4 is 21.3 Å². The number of nitrogen functional groups attached to an aromatic ring is 1. The third-order valence-electron chi connectivity index (χ3n) is 7.57. The molecule has 5 rings (SSSR count). The van der Waals surface area contributed by atoms with E-state index in [4.69, 9.17) is 5.73 Å². The van der Waals surface area contributed by atoms with Crippen LogP contribution in [0.1, 0.15) is 24.8 Å². The summed E-state index contributed by atoms with van der Waals surface area (Å²) in [5, 5.41) is 26.7. The molecular formula is C30H35N7O2. The third kappa shape index (κ3) is 5.98. The Morgan fingerprint density at radius 2 is 1.97 bits per heavy atom. The first-order chi connectivity index (χ1) is 18.8. The average Bonchev–Trinajstić information content (AvgIpc) is 3.60. The Labute approximate surface area is 229 Å². The smallest absolute Gasteiger partial charge is 0.238 e. The maximum atomic E-state index is 12.9. The highest BCUT2D eigenvalue weighted by molar-refractivity contribution is 5.97. The number of pyridine rings is 1. The van der Waals surface area contributed by atoms with Crippen LogP contribution in [0.4, 0.5) is 17.2 Å². The van der Waals surface area contributed by atoms with Crippen molar-refractivity contribution in [3.63, 3.8) is 0 Å². The van der Waals surface area contributed by atoms with Crippen molar-refractivity contribution >= 4 is 23.1 Å². The van der Waals surface area contributed by atoms with E-state index in [0.29, 0.717) is 34.5 Å². The molecule has 1 aromatic heterocycles. The molecule has 1 atom stereocenters. The zero-order valence-electron chi connectivity index (χ0n) is 22.4. The van der Waals surface area contributed by atoms with Crippen molar-refractivity contribution in [3.05, 3.63) is 54.1 Å². The number of phenolic OH excluding ortho intramolecular Hbond substituents is 1. The fourth-order valence-electron chi connectivity index (χ4n) is 5.11. The van der Waals surface area contributed by atoms with Crippen molar-refractivity contribution < 1.29 is 9.90 Å². The number of carbonyl (C=O) groups is 1. The Balaban J connectivity index is 1.52. The van der Waals surface area contributed by atoms with Crippen molar-refractivity contribution in [1.82, 2.24) is 15.2 Å². The van der Waals surface area contributed by atoms with E-state index >= 15 is 0 Å². The van der Waals surface area contributed by atoms with Crippen LogP contribution in [0.15, 0.2) is 48.5 Å². The quantitative estimate of drug-likeness (QED) is 0.333. The van der Waals surface area contributed by atoms with Crippen molar-refractivity contribution in [2.24, 2.45) is 5.92 Å². The number of rotatable bonds is 9. The first-order valence-corrected chi connectivity index (χ1v) is 13.4. The average molecular weight is 526 g/mol. The third-order valence-corrected chi connectivity index (χ3v) is 7.57. The Morgan fingerprint density at radius 3 is 2.67 bits per heavy atom. The summed E-state index contributed by atoms with van der Waals surface area (Å²) in [4.78, 5) is 21.9. The molecule has 202 valence electrons. The summed E-state index contributed by atoms with van der Waals surface area (Å²) in [5.74, 6) is 0.734. The molecule has 1 aliphatic heterocycles. The lowest BCUT2D eigenvalue weighted by molar-refractivity contribution is -0.115. The normalized spacial score (nSPS) is 16.9. The Kier molecular flexibility index (Phi) is 7.68. The van der Waals surface area contributed by atoms with Gasteiger partial charge in [-0.05, 0) is 81.7 Å². The number of nitrogens with two attached hydrogens (primary N) is 1. The first kappa shape index (κ1) is 26.5. The number of nitrogens with one attached hydrogen (secondary N) is 2. The molecule has 9 nitrogen and oxygen atoms in total. The van der Waals surface area contributed by atoms with Crippen LogP contribution in [-0.2, 0) is 4.79 Å². The lowest BCUT2D eigenvalue weighted by Crippen LogP contribution is -2.32.